The van der Waals surface area contributed by atoms with E-state index in [0.717, 1.165) is 22.7 Å². The van der Waals surface area contributed by atoms with Gasteiger partial charge in [-0.05, 0) is 67.6 Å². The van der Waals surface area contributed by atoms with Crippen LogP contribution in [0.5, 0.6) is 11.5 Å². The van der Waals surface area contributed by atoms with Crippen molar-refractivity contribution in [3.8, 4) is 28.6 Å². The van der Waals surface area contributed by atoms with Crippen molar-refractivity contribution in [1.82, 2.24) is 19.7 Å². The molecule has 0 fully saturated rings. The highest BCUT2D eigenvalue weighted by Gasteiger charge is 2.18. The summed E-state index contributed by atoms with van der Waals surface area (Å²) in [5.74, 6) is 2.42. The molecule has 162 valence electrons. The van der Waals surface area contributed by atoms with Gasteiger partial charge in [-0.3, -0.25) is 14.3 Å². The number of ether oxygens (including phenoxy) is 2. The summed E-state index contributed by atoms with van der Waals surface area (Å²) in [6.45, 7) is 2.51. The summed E-state index contributed by atoms with van der Waals surface area (Å²) in [4.78, 5) is 16.8. The lowest BCUT2D eigenvalue weighted by Crippen LogP contribution is -2.05. The number of ketones is 1. The minimum absolute atomic E-state index is 0.00721. The van der Waals surface area contributed by atoms with E-state index in [2.05, 4.69) is 15.2 Å². The Balaban J connectivity index is 1.60. The molecule has 4 rings (SSSR count). The highest BCUT2D eigenvalue weighted by Crippen LogP contribution is 2.29. The zero-order chi connectivity index (χ0) is 22.3. The van der Waals surface area contributed by atoms with E-state index < -0.39 is 0 Å². The summed E-state index contributed by atoms with van der Waals surface area (Å²) >= 11 is 1.35. The molecule has 32 heavy (non-hydrogen) atoms. The van der Waals surface area contributed by atoms with Gasteiger partial charge in [0.2, 0.25) is 0 Å². The van der Waals surface area contributed by atoms with Gasteiger partial charge in [0.15, 0.2) is 16.8 Å². The molecule has 0 aliphatic rings. The first kappa shape index (κ1) is 21.6. The predicted molar refractivity (Wildman–Crippen MR) is 124 cm³/mol. The van der Waals surface area contributed by atoms with Crippen molar-refractivity contribution in [2.24, 2.45) is 0 Å². The second kappa shape index (κ2) is 10.1. The van der Waals surface area contributed by atoms with Crippen LogP contribution in [0.4, 0.5) is 0 Å². The second-order valence-electron chi connectivity index (χ2n) is 6.74. The number of benzene rings is 2. The number of Topliss-reactive ketones (excluding diaryl/α,β-unsaturated/α-hetero) is 1. The molecular formula is C24H22N4O3S. The molecule has 0 radical (unpaired) electrons. The summed E-state index contributed by atoms with van der Waals surface area (Å²) < 4.78 is 12.7. The highest BCUT2D eigenvalue weighted by atomic mass is 32.2. The van der Waals surface area contributed by atoms with Crippen LogP contribution in [0.3, 0.4) is 0 Å². The number of methoxy groups -OCH3 is 1. The normalized spacial score (nSPS) is 10.7. The number of thioether (sulfide) groups is 1. The van der Waals surface area contributed by atoms with Crippen molar-refractivity contribution in [2.75, 3.05) is 19.5 Å². The van der Waals surface area contributed by atoms with E-state index in [1.807, 2.05) is 60.0 Å². The Bertz CT molecular complexity index is 1180. The summed E-state index contributed by atoms with van der Waals surface area (Å²) in [5.41, 5.74) is 2.39. The maximum Gasteiger partial charge on any atom is 0.196 e. The molecule has 0 aliphatic carbocycles. The minimum Gasteiger partial charge on any atom is -0.497 e. The molecule has 0 N–H and O–H groups in total. The number of carbonyl (C=O) groups excluding carboxylic acids is 1. The quantitative estimate of drug-likeness (QED) is 0.272. The first-order chi connectivity index (χ1) is 15.7. The Morgan fingerprint density at radius 2 is 1.62 bits per heavy atom. The van der Waals surface area contributed by atoms with Crippen LogP contribution in [0, 0.1) is 0 Å². The molecule has 0 saturated heterocycles. The van der Waals surface area contributed by atoms with E-state index in [1.165, 1.54) is 11.8 Å². The third-order valence-electron chi connectivity index (χ3n) is 4.72. The molecule has 0 atom stereocenters. The van der Waals surface area contributed by atoms with Gasteiger partial charge in [-0.25, -0.2) is 0 Å². The van der Waals surface area contributed by atoms with Gasteiger partial charge in [-0.1, -0.05) is 11.8 Å². The van der Waals surface area contributed by atoms with Crippen LogP contribution >= 0.6 is 11.8 Å². The van der Waals surface area contributed by atoms with Crippen molar-refractivity contribution >= 4 is 17.5 Å². The number of hydrogen-bond donors (Lipinski definition) is 0. The van der Waals surface area contributed by atoms with Crippen LogP contribution < -0.4 is 9.47 Å². The van der Waals surface area contributed by atoms with E-state index >= 15 is 0 Å². The van der Waals surface area contributed by atoms with E-state index in [4.69, 9.17) is 9.47 Å². The maximum atomic E-state index is 12.8. The van der Waals surface area contributed by atoms with Crippen LogP contribution in [0.1, 0.15) is 17.3 Å². The van der Waals surface area contributed by atoms with Crippen molar-refractivity contribution in [1.29, 1.82) is 0 Å². The molecule has 2 heterocycles. The molecule has 2 aromatic carbocycles. The SMILES string of the molecule is CCOc1ccc(C(=O)CSc2nnc(-c3ccncc3)n2-c2ccc(OC)cc2)cc1. The van der Waals surface area contributed by atoms with Crippen LogP contribution in [-0.4, -0.2) is 45.0 Å². The van der Waals surface area contributed by atoms with E-state index in [9.17, 15) is 4.79 Å². The molecule has 0 amide bonds. The van der Waals surface area contributed by atoms with Gasteiger partial charge in [0.05, 0.1) is 19.5 Å². The number of aromatic nitrogens is 4. The number of pyridine rings is 1. The first-order valence-electron chi connectivity index (χ1n) is 10.1. The number of nitrogens with zero attached hydrogens (tertiary/aromatic N) is 4. The van der Waals surface area contributed by atoms with Crippen LogP contribution in [0.15, 0.2) is 78.2 Å². The van der Waals surface area contributed by atoms with Crippen LogP contribution in [-0.2, 0) is 0 Å². The minimum atomic E-state index is 0.00721. The van der Waals surface area contributed by atoms with Crippen molar-refractivity contribution in [3.05, 3.63) is 78.6 Å². The zero-order valence-electron chi connectivity index (χ0n) is 17.8. The molecule has 0 bridgehead atoms. The van der Waals surface area contributed by atoms with Gasteiger partial charge in [0.25, 0.3) is 0 Å². The van der Waals surface area contributed by atoms with Gasteiger partial charge in [-0.2, -0.15) is 0 Å². The topological polar surface area (TPSA) is 79.1 Å². The molecule has 4 aromatic rings. The van der Waals surface area contributed by atoms with Crippen molar-refractivity contribution in [2.45, 2.75) is 12.1 Å². The average Bonchev–Trinajstić information content (AvgIpc) is 3.28. The van der Waals surface area contributed by atoms with Crippen molar-refractivity contribution in [3.63, 3.8) is 0 Å². The zero-order valence-corrected chi connectivity index (χ0v) is 18.6. The van der Waals surface area contributed by atoms with Crippen LogP contribution in [0.25, 0.3) is 17.1 Å². The molecule has 0 aliphatic heterocycles. The second-order valence-corrected chi connectivity index (χ2v) is 7.69. The Morgan fingerprint density at radius 1 is 0.938 bits per heavy atom. The lowest BCUT2D eigenvalue weighted by atomic mass is 10.1. The fraction of sp³-hybridized carbons (Fsp3) is 0.167. The van der Waals surface area contributed by atoms with Gasteiger partial charge in [0.1, 0.15) is 11.5 Å². The molecule has 0 spiro atoms. The van der Waals surface area contributed by atoms with Crippen molar-refractivity contribution < 1.29 is 14.3 Å². The lowest BCUT2D eigenvalue weighted by molar-refractivity contribution is 0.102. The molecule has 8 heteroatoms. The van der Waals surface area contributed by atoms with E-state index in [1.54, 1.807) is 31.6 Å². The van der Waals surface area contributed by atoms with E-state index in [-0.39, 0.29) is 11.5 Å². The smallest absolute Gasteiger partial charge is 0.196 e. The monoisotopic (exact) mass is 446 g/mol. The van der Waals surface area contributed by atoms with Crippen LogP contribution in [0.2, 0.25) is 0 Å². The Labute approximate surface area is 190 Å². The third kappa shape index (κ3) is 4.81. The first-order valence-corrected chi connectivity index (χ1v) is 11.1. The number of rotatable bonds is 9. The summed E-state index contributed by atoms with van der Waals surface area (Å²) in [6.07, 6.45) is 3.43. The molecular weight excluding hydrogens is 424 g/mol. The molecule has 2 aromatic heterocycles. The summed E-state index contributed by atoms with van der Waals surface area (Å²) in [6, 6.07) is 18.6. The number of carbonyl (C=O) groups is 1. The predicted octanol–water partition coefficient (Wildman–Crippen LogP) is 4.71. The summed E-state index contributed by atoms with van der Waals surface area (Å²) in [5, 5.41) is 9.39. The number of hydrogen-bond acceptors (Lipinski definition) is 7. The summed E-state index contributed by atoms with van der Waals surface area (Å²) in [7, 11) is 1.63. The fourth-order valence-electron chi connectivity index (χ4n) is 3.13. The van der Waals surface area contributed by atoms with Gasteiger partial charge in [0, 0.05) is 29.2 Å². The Kier molecular flexibility index (Phi) is 6.81. The Morgan fingerprint density at radius 3 is 2.28 bits per heavy atom. The largest absolute Gasteiger partial charge is 0.497 e. The van der Waals surface area contributed by atoms with Gasteiger partial charge < -0.3 is 9.47 Å². The lowest BCUT2D eigenvalue weighted by Gasteiger charge is -2.11. The highest BCUT2D eigenvalue weighted by molar-refractivity contribution is 7.99. The maximum absolute atomic E-state index is 12.8. The molecule has 0 saturated carbocycles. The molecule has 0 unspecified atom stereocenters. The Hall–Kier alpha value is -3.65. The average molecular weight is 447 g/mol. The van der Waals surface area contributed by atoms with E-state index in [0.29, 0.717) is 23.2 Å². The van der Waals surface area contributed by atoms with Gasteiger partial charge in [-0.15, -0.1) is 10.2 Å². The molecule has 7 nitrogen and oxygen atoms in total. The van der Waals surface area contributed by atoms with Gasteiger partial charge >= 0.3 is 0 Å². The third-order valence-corrected chi connectivity index (χ3v) is 5.65. The fourth-order valence-corrected chi connectivity index (χ4v) is 3.98. The standard InChI is InChI=1S/C24H22N4O3S/c1-3-31-21-8-4-17(5-9-21)22(29)16-32-24-27-26-23(18-12-14-25-15-13-18)28(24)19-6-10-20(30-2)11-7-19/h4-15H,3,16H2,1-2H3.